The number of unbranched alkanes of at least 4 members (excludes halogenated alkanes) is 9. The van der Waals surface area contributed by atoms with Crippen LogP contribution in [-0.2, 0) is 0 Å². The molecule has 0 aliphatic heterocycles. The highest BCUT2D eigenvalue weighted by atomic mass is 14.0. The summed E-state index contributed by atoms with van der Waals surface area (Å²) in [6.45, 7) is 2.28. The Hall–Kier alpha value is -1.30. The Kier molecular flexibility index (Phi) is 11.6. The monoisotopic (exact) mass is 284 g/mol. The third-order valence-corrected chi connectivity index (χ3v) is 3.81. The summed E-state index contributed by atoms with van der Waals surface area (Å²) in [5.74, 6) is 0. The molecule has 21 heavy (non-hydrogen) atoms. The first-order valence-electron chi connectivity index (χ1n) is 8.81. The van der Waals surface area contributed by atoms with E-state index in [1.165, 1.54) is 69.8 Å². The largest absolute Gasteiger partial charge is 0.0845 e. The quantitative estimate of drug-likeness (QED) is 0.282. The second-order valence-electron chi connectivity index (χ2n) is 5.82. The highest BCUT2D eigenvalue weighted by Crippen LogP contribution is 2.10. The van der Waals surface area contributed by atoms with Gasteiger partial charge in [0.1, 0.15) is 0 Å². The Balaban J connectivity index is 1.90. The standard InChI is InChI=1S/C21H32/c1-2-3-4-5-6-7-8-9-10-11-12-13-15-18-21-19-16-14-17-20-21/h12-20H,2-11H2,1H3/b13-12+,18-15+. The van der Waals surface area contributed by atoms with Crippen molar-refractivity contribution in [1.82, 2.24) is 0 Å². The van der Waals surface area contributed by atoms with Crippen LogP contribution in [0.5, 0.6) is 0 Å². The van der Waals surface area contributed by atoms with Crippen LogP contribution in [0.2, 0.25) is 0 Å². The van der Waals surface area contributed by atoms with Crippen molar-refractivity contribution in [3.05, 3.63) is 54.1 Å². The maximum Gasteiger partial charge on any atom is -0.0257 e. The molecule has 0 saturated carbocycles. The summed E-state index contributed by atoms with van der Waals surface area (Å²) >= 11 is 0. The van der Waals surface area contributed by atoms with Crippen LogP contribution < -0.4 is 0 Å². The third-order valence-electron chi connectivity index (χ3n) is 3.81. The van der Waals surface area contributed by atoms with Crippen molar-refractivity contribution in [1.29, 1.82) is 0 Å². The smallest absolute Gasteiger partial charge is 0.0257 e. The van der Waals surface area contributed by atoms with E-state index in [0.29, 0.717) is 0 Å². The van der Waals surface area contributed by atoms with Crippen LogP contribution in [0.15, 0.2) is 48.6 Å². The van der Waals surface area contributed by atoms with Crippen LogP contribution in [0.1, 0.15) is 76.7 Å². The average Bonchev–Trinajstić information content (AvgIpc) is 2.53. The third kappa shape index (κ3) is 11.1. The molecule has 0 heterocycles. The average molecular weight is 284 g/mol. The van der Waals surface area contributed by atoms with Crippen molar-refractivity contribution >= 4 is 6.08 Å². The maximum atomic E-state index is 2.29. The van der Waals surface area contributed by atoms with E-state index in [1.54, 1.807) is 0 Å². The first kappa shape index (κ1) is 17.8. The highest BCUT2D eigenvalue weighted by molar-refractivity contribution is 5.50. The van der Waals surface area contributed by atoms with Crippen LogP contribution >= 0.6 is 0 Å². The zero-order valence-corrected chi connectivity index (χ0v) is 13.8. The lowest BCUT2D eigenvalue weighted by Crippen LogP contribution is -1.80. The summed E-state index contributed by atoms with van der Waals surface area (Å²) in [5.41, 5.74) is 1.27. The van der Waals surface area contributed by atoms with Crippen molar-refractivity contribution in [2.24, 2.45) is 0 Å². The Labute approximate surface area is 132 Å². The van der Waals surface area contributed by atoms with Crippen LogP contribution in [0.4, 0.5) is 0 Å². The molecule has 0 heteroatoms. The normalized spacial score (nSPS) is 11.7. The summed E-state index contributed by atoms with van der Waals surface area (Å²) in [5, 5.41) is 0. The summed E-state index contributed by atoms with van der Waals surface area (Å²) in [6.07, 6.45) is 22.7. The molecule has 0 N–H and O–H groups in total. The predicted molar refractivity (Wildman–Crippen MR) is 96.5 cm³/mol. The molecule has 0 nitrogen and oxygen atoms in total. The lowest BCUT2D eigenvalue weighted by molar-refractivity contribution is 0.566. The molecular formula is C21H32. The van der Waals surface area contributed by atoms with Gasteiger partial charge in [0, 0.05) is 0 Å². The van der Waals surface area contributed by atoms with Gasteiger partial charge < -0.3 is 0 Å². The molecule has 116 valence electrons. The minimum absolute atomic E-state index is 1.22. The van der Waals surface area contributed by atoms with Crippen LogP contribution in [-0.4, -0.2) is 0 Å². The molecule has 1 aromatic carbocycles. The molecule has 1 aromatic rings. The van der Waals surface area contributed by atoms with Crippen LogP contribution in [0.3, 0.4) is 0 Å². The number of benzene rings is 1. The summed E-state index contributed by atoms with van der Waals surface area (Å²) in [6, 6.07) is 10.5. The SMILES string of the molecule is CCCCCCCCCCC/C=C/C=C/c1ccccc1. The van der Waals surface area contributed by atoms with Crippen LogP contribution in [0.25, 0.3) is 6.08 Å². The van der Waals surface area contributed by atoms with E-state index < -0.39 is 0 Å². The molecule has 0 atom stereocenters. The highest BCUT2D eigenvalue weighted by Gasteiger charge is 1.90. The molecule has 0 aliphatic rings. The number of hydrogen-bond acceptors (Lipinski definition) is 0. The minimum Gasteiger partial charge on any atom is -0.0845 e. The molecule has 0 amide bonds. The Morgan fingerprint density at radius 3 is 2.00 bits per heavy atom. The second kappa shape index (κ2) is 13.7. The molecular weight excluding hydrogens is 252 g/mol. The molecule has 0 aromatic heterocycles. The second-order valence-corrected chi connectivity index (χ2v) is 5.82. The van der Waals surface area contributed by atoms with Gasteiger partial charge in [0.2, 0.25) is 0 Å². The molecule has 0 unspecified atom stereocenters. The zero-order chi connectivity index (χ0) is 15.0. The molecule has 1 rings (SSSR count). The Bertz CT molecular complexity index is 372. The van der Waals surface area contributed by atoms with Gasteiger partial charge in [0.05, 0.1) is 0 Å². The maximum absolute atomic E-state index is 2.29. The Morgan fingerprint density at radius 1 is 0.714 bits per heavy atom. The van der Waals surface area contributed by atoms with Crippen LogP contribution in [0, 0.1) is 0 Å². The lowest BCUT2D eigenvalue weighted by Gasteiger charge is -2.00. The van der Waals surface area contributed by atoms with Gasteiger partial charge in [0.25, 0.3) is 0 Å². The molecule has 0 aliphatic carbocycles. The fourth-order valence-electron chi connectivity index (χ4n) is 2.48. The molecule has 0 radical (unpaired) electrons. The first-order chi connectivity index (χ1) is 10.4. The van der Waals surface area contributed by atoms with Gasteiger partial charge in [-0.1, -0.05) is 113 Å². The van der Waals surface area contributed by atoms with E-state index in [4.69, 9.17) is 0 Å². The summed E-state index contributed by atoms with van der Waals surface area (Å²) in [7, 11) is 0. The van der Waals surface area contributed by atoms with Crippen molar-refractivity contribution in [3.63, 3.8) is 0 Å². The van der Waals surface area contributed by atoms with E-state index in [1.807, 2.05) is 0 Å². The molecule has 0 saturated heterocycles. The minimum atomic E-state index is 1.22. The number of hydrogen-bond donors (Lipinski definition) is 0. The van der Waals surface area contributed by atoms with Crippen molar-refractivity contribution in [3.8, 4) is 0 Å². The Morgan fingerprint density at radius 2 is 1.33 bits per heavy atom. The summed E-state index contributed by atoms with van der Waals surface area (Å²) in [4.78, 5) is 0. The fourth-order valence-corrected chi connectivity index (χ4v) is 2.48. The van der Waals surface area contributed by atoms with Gasteiger partial charge in [-0.25, -0.2) is 0 Å². The molecule has 0 spiro atoms. The van der Waals surface area contributed by atoms with E-state index in [9.17, 15) is 0 Å². The van der Waals surface area contributed by atoms with Crippen molar-refractivity contribution in [2.75, 3.05) is 0 Å². The van der Waals surface area contributed by atoms with Gasteiger partial charge in [-0.2, -0.15) is 0 Å². The van der Waals surface area contributed by atoms with Gasteiger partial charge in [-0.3, -0.25) is 0 Å². The van der Waals surface area contributed by atoms with Crippen molar-refractivity contribution < 1.29 is 0 Å². The lowest BCUT2D eigenvalue weighted by atomic mass is 10.1. The van der Waals surface area contributed by atoms with Gasteiger partial charge >= 0.3 is 0 Å². The topological polar surface area (TPSA) is 0 Å². The van der Waals surface area contributed by atoms with E-state index in [2.05, 4.69) is 61.6 Å². The van der Waals surface area contributed by atoms with E-state index in [0.717, 1.165) is 0 Å². The molecule has 0 bridgehead atoms. The fraction of sp³-hybridized carbons (Fsp3) is 0.524. The van der Waals surface area contributed by atoms with Gasteiger partial charge in [-0.15, -0.1) is 0 Å². The van der Waals surface area contributed by atoms with E-state index in [-0.39, 0.29) is 0 Å². The zero-order valence-electron chi connectivity index (χ0n) is 13.8. The number of allylic oxidation sites excluding steroid dienone is 3. The first-order valence-corrected chi connectivity index (χ1v) is 8.81. The predicted octanol–water partition coefficient (Wildman–Crippen LogP) is 7.18. The molecule has 0 fully saturated rings. The van der Waals surface area contributed by atoms with Gasteiger partial charge in [0.15, 0.2) is 0 Å². The van der Waals surface area contributed by atoms with Gasteiger partial charge in [-0.05, 0) is 18.4 Å². The van der Waals surface area contributed by atoms with E-state index >= 15 is 0 Å². The number of rotatable bonds is 12. The summed E-state index contributed by atoms with van der Waals surface area (Å²) < 4.78 is 0. The van der Waals surface area contributed by atoms with Crippen molar-refractivity contribution in [2.45, 2.75) is 71.1 Å².